The maximum absolute atomic E-state index is 13.8. The van der Waals surface area contributed by atoms with Crippen molar-refractivity contribution in [3.05, 3.63) is 72.6 Å². The Morgan fingerprint density at radius 1 is 1.17 bits per heavy atom. The van der Waals surface area contributed by atoms with Crippen LogP contribution in [0.2, 0.25) is 0 Å². The van der Waals surface area contributed by atoms with Crippen LogP contribution in [0, 0.1) is 5.82 Å². The summed E-state index contributed by atoms with van der Waals surface area (Å²) in [5, 5.41) is 2.61. The number of rotatable bonds is 6. The van der Waals surface area contributed by atoms with Crippen LogP contribution in [0.25, 0.3) is 0 Å². The minimum absolute atomic E-state index is 0.0363. The number of hydrogen-bond donors (Lipinski definition) is 2. The summed E-state index contributed by atoms with van der Waals surface area (Å²) in [7, 11) is -4.06. The number of carbonyl (C=O) groups is 1. The van der Waals surface area contributed by atoms with Crippen LogP contribution in [0.4, 0.5) is 10.1 Å². The Labute approximate surface area is 133 Å². The van der Waals surface area contributed by atoms with Crippen molar-refractivity contribution >= 4 is 21.6 Å². The predicted octanol–water partition coefficient (Wildman–Crippen LogP) is 2.54. The van der Waals surface area contributed by atoms with Crippen molar-refractivity contribution < 1.29 is 17.6 Å². The van der Waals surface area contributed by atoms with E-state index >= 15 is 0 Å². The molecule has 0 atom stereocenters. The van der Waals surface area contributed by atoms with Crippen molar-refractivity contribution in [2.24, 2.45) is 0 Å². The van der Waals surface area contributed by atoms with E-state index in [1.54, 1.807) is 30.3 Å². The summed E-state index contributed by atoms with van der Waals surface area (Å²) in [6, 6.07) is 11.8. The SMILES string of the molecule is C=CCNS(=O)(=O)c1cc(C(=O)Nc2ccccc2)ccc1F. The number of sulfonamides is 1. The number of nitrogens with one attached hydrogen (secondary N) is 2. The first-order chi connectivity index (χ1) is 10.9. The van der Waals surface area contributed by atoms with E-state index in [0.29, 0.717) is 5.69 Å². The first-order valence-electron chi connectivity index (χ1n) is 6.70. The fraction of sp³-hybridized carbons (Fsp3) is 0.0625. The van der Waals surface area contributed by atoms with Gasteiger partial charge in [-0.1, -0.05) is 24.3 Å². The van der Waals surface area contributed by atoms with Crippen molar-refractivity contribution in [2.45, 2.75) is 4.90 Å². The highest BCUT2D eigenvalue weighted by Crippen LogP contribution is 2.17. The van der Waals surface area contributed by atoms with Gasteiger partial charge in [0.15, 0.2) is 0 Å². The van der Waals surface area contributed by atoms with Gasteiger partial charge in [0.25, 0.3) is 5.91 Å². The lowest BCUT2D eigenvalue weighted by atomic mass is 10.2. The average molecular weight is 334 g/mol. The van der Waals surface area contributed by atoms with Crippen LogP contribution < -0.4 is 10.0 Å². The Morgan fingerprint density at radius 3 is 2.52 bits per heavy atom. The highest BCUT2D eigenvalue weighted by molar-refractivity contribution is 7.89. The van der Waals surface area contributed by atoms with E-state index in [9.17, 15) is 17.6 Å². The number of anilines is 1. The second kappa shape index (κ2) is 7.17. The smallest absolute Gasteiger partial charge is 0.255 e. The molecule has 0 aliphatic rings. The second-order valence-corrected chi connectivity index (χ2v) is 6.34. The number of para-hydroxylation sites is 1. The summed E-state index contributed by atoms with van der Waals surface area (Å²) in [6.07, 6.45) is 1.33. The monoisotopic (exact) mass is 334 g/mol. The number of hydrogen-bond acceptors (Lipinski definition) is 3. The van der Waals surface area contributed by atoms with Gasteiger partial charge in [-0.15, -0.1) is 6.58 Å². The summed E-state index contributed by atoms with van der Waals surface area (Å²) in [6.45, 7) is 3.35. The summed E-state index contributed by atoms with van der Waals surface area (Å²) < 4.78 is 40.0. The van der Waals surface area contributed by atoms with Crippen LogP contribution in [-0.2, 0) is 10.0 Å². The lowest BCUT2D eigenvalue weighted by Crippen LogP contribution is -2.25. The lowest BCUT2D eigenvalue weighted by molar-refractivity contribution is 0.102. The Kier molecular flexibility index (Phi) is 5.25. The Balaban J connectivity index is 2.29. The van der Waals surface area contributed by atoms with E-state index in [2.05, 4.69) is 16.6 Å². The Bertz CT molecular complexity index is 820. The molecular formula is C16H15FN2O3S. The van der Waals surface area contributed by atoms with Gasteiger partial charge >= 0.3 is 0 Å². The van der Waals surface area contributed by atoms with Gasteiger partial charge in [0, 0.05) is 17.8 Å². The third-order valence-electron chi connectivity index (χ3n) is 2.93. The van der Waals surface area contributed by atoms with Gasteiger partial charge in [-0.05, 0) is 30.3 Å². The molecule has 2 rings (SSSR count). The van der Waals surface area contributed by atoms with Crippen LogP contribution in [0.5, 0.6) is 0 Å². The number of benzene rings is 2. The van der Waals surface area contributed by atoms with Gasteiger partial charge in [0.05, 0.1) is 0 Å². The average Bonchev–Trinajstić information content (AvgIpc) is 2.54. The van der Waals surface area contributed by atoms with Crippen molar-refractivity contribution in [2.75, 3.05) is 11.9 Å². The molecular weight excluding hydrogens is 319 g/mol. The van der Waals surface area contributed by atoms with Gasteiger partial charge in [-0.25, -0.2) is 17.5 Å². The summed E-state index contributed by atoms with van der Waals surface area (Å²) in [5.74, 6) is -1.46. The van der Waals surface area contributed by atoms with Crippen molar-refractivity contribution in [3.8, 4) is 0 Å². The molecule has 0 bridgehead atoms. The molecule has 120 valence electrons. The molecule has 0 saturated heterocycles. The van der Waals surface area contributed by atoms with Crippen molar-refractivity contribution in [1.82, 2.24) is 4.72 Å². The van der Waals surface area contributed by atoms with E-state index < -0.39 is 26.6 Å². The maximum atomic E-state index is 13.8. The molecule has 23 heavy (non-hydrogen) atoms. The first kappa shape index (κ1) is 16.9. The Morgan fingerprint density at radius 2 is 1.87 bits per heavy atom. The molecule has 0 spiro atoms. The predicted molar refractivity (Wildman–Crippen MR) is 86.2 cm³/mol. The molecule has 5 nitrogen and oxygen atoms in total. The highest BCUT2D eigenvalue weighted by Gasteiger charge is 2.20. The fourth-order valence-electron chi connectivity index (χ4n) is 1.82. The molecule has 0 radical (unpaired) electrons. The molecule has 0 fully saturated rings. The zero-order valence-electron chi connectivity index (χ0n) is 12.1. The second-order valence-electron chi connectivity index (χ2n) is 4.61. The number of amides is 1. The third kappa shape index (κ3) is 4.24. The van der Waals surface area contributed by atoms with Crippen LogP contribution in [0.1, 0.15) is 10.4 Å². The zero-order chi connectivity index (χ0) is 16.9. The van der Waals surface area contributed by atoms with Gasteiger partial charge in [-0.3, -0.25) is 4.79 Å². The summed E-state index contributed by atoms with van der Waals surface area (Å²) in [5.41, 5.74) is 0.588. The first-order valence-corrected chi connectivity index (χ1v) is 8.19. The standard InChI is InChI=1S/C16H15FN2O3S/c1-2-10-18-23(21,22)15-11-12(8-9-14(15)17)16(20)19-13-6-4-3-5-7-13/h2-9,11,18H,1,10H2,(H,19,20). The molecule has 2 aromatic rings. The van der Waals surface area contributed by atoms with E-state index in [1.165, 1.54) is 12.1 Å². The minimum Gasteiger partial charge on any atom is -0.322 e. The molecule has 7 heteroatoms. The van der Waals surface area contributed by atoms with E-state index in [1.807, 2.05) is 0 Å². The third-order valence-corrected chi connectivity index (χ3v) is 4.37. The molecule has 0 aliphatic heterocycles. The molecule has 1 amide bonds. The van der Waals surface area contributed by atoms with Crippen LogP contribution in [0.15, 0.2) is 66.1 Å². The summed E-state index contributed by atoms with van der Waals surface area (Å²) >= 11 is 0. The molecule has 2 aromatic carbocycles. The summed E-state index contributed by atoms with van der Waals surface area (Å²) in [4.78, 5) is 11.6. The van der Waals surface area contributed by atoms with Crippen molar-refractivity contribution in [3.63, 3.8) is 0 Å². The fourth-order valence-corrected chi connectivity index (χ4v) is 2.92. The molecule has 0 aromatic heterocycles. The highest BCUT2D eigenvalue weighted by atomic mass is 32.2. The Hall–Kier alpha value is -2.51. The van der Waals surface area contributed by atoms with Gasteiger partial charge in [-0.2, -0.15) is 0 Å². The maximum Gasteiger partial charge on any atom is 0.255 e. The molecule has 0 unspecified atom stereocenters. The molecule has 0 heterocycles. The van der Waals surface area contributed by atoms with Gasteiger partial charge < -0.3 is 5.32 Å². The largest absolute Gasteiger partial charge is 0.322 e. The zero-order valence-corrected chi connectivity index (χ0v) is 12.9. The van der Waals surface area contributed by atoms with E-state index in [0.717, 1.165) is 12.1 Å². The number of carbonyl (C=O) groups excluding carboxylic acids is 1. The normalized spacial score (nSPS) is 11.0. The van der Waals surface area contributed by atoms with Crippen LogP contribution >= 0.6 is 0 Å². The van der Waals surface area contributed by atoms with Crippen molar-refractivity contribution in [1.29, 1.82) is 0 Å². The lowest BCUT2D eigenvalue weighted by Gasteiger charge is -2.09. The van der Waals surface area contributed by atoms with Gasteiger partial charge in [0.2, 0.25) is 10.0 Å². The number of halogens is 1. The van der Waals surface area contributed by atoms with Crippen LogP contribution in [-0.4, -0.2) is 20.9 Å². The van der Waals surface area contributed by atoms with Crippen LogP contribution in [0.3, 0.4) is 0 Å². The minimum atomic E-state index is -4.06. The quantitative estimate of drug-likeness (QED) is 0.797. The molecule has 0 aliphatic carbocycles. The molecule has 0 saturated carbocycles. The topological polar surface area (TPSA) is 75.3 Å². The van der Waals surface area contributed by atoms with E-state index in [-0.39, 0.29) is 12.1 Å². The molecule has 2 N–H and O–H groups in total. The van der Waals surface area contributed by atoms with Gasteiger partial charge in [0.1, 0.15) is 10.7 Å². The van der Waals surface area contributed by atoms with E-state index in [4.69, 9.17) is 0 Å².